The number of nitrogens with zero attached hydrogens (tertiary/aromatic N) is 3. The molecular formula is C20H21ClN4O2S. The van der Waals surface area contributed by atoms with E-state index in [1.165, 1.54) is 0 Å². The number of ether oxygens (including phenoxy) is 1. The standard InChI is InChI=1S/C20H21ClN4O2S/c1-13-16(21)6-7-17-18(13)23-20(28-17)25-10-8-24(9-11-25)19(26)22-14-4-3-5-15(12-14)27-2/h3-7,12H,8-11H2,1-2H3,(H,22,26). The number of anilines is 2. The molecule has 0 radical (unpaired) electrons. The molecule has 2 heterocycles. The van der Waals surface area contributed by atoms with Crippen molar-refractivity contribution in [2.24, 2.45) is 0 Å². The van der Waals surface area contributed by atoms with E-state index >= 15 is 0 Å². The molecule has 1 aliphatic rings. The molecule has 1 aliphatic heterocycles. The molecule has 3 aromatic rings. The smallest absolute Gasteiger partial charge is 0.321 e. The van der Waals surface area contributed by atoms with Gasteiger partial charge in [0.15, 0.2) is 5.13 Å². The van der Waals surface area contributed by atoms with E-state index in [2.05, 4.69) is 10.2 Å². The van der Waals surface area contributed by atoms with Gasteiger partial charge in [0, 0.05) is 43.0 Å². The maximum Gasteiger partial charge on any atom is 0.321 e. The number of carbonyl (C=O) groups is 1. The third-order valence-electron chi connectivity index (χ3n) is 4.89. The van der Waals surface area contributed by atoms with Crippen LogP contribution in [0, 0.1) is 6.92 Å². The van der Waals surface area contributed by atoms with Crippen LogP contribution in [0.1, 0.15) is 5.56 Å². The number of rotatable bonds is 3. The molecule has 2 amide bonds. The average molecular weight is 417 g/mol. The number of fused-ring (bicyclic) bond motifs is 1. The highest BCUT2D eigenvalue weighted by Gasteiger charge is 2.23. The lowest BCUT2D eigenvalue weighted by atomic mass is 10.2. The molecule has 1 N–H and O–H groups in total. The fourth-order valence-corrected chi connectivity index (χ4v) is 4.46. The van der Waals surface area contributed by atoms with Crippen molar-refractivity contribution in [1.29, 1.82) is 0 Å². The number of carbonyl (C=O) groups excluding carboxylic acids is 1. The van der Waals surface area contributed by atoms with Gasteiger partial charge in [-0.2, -0.15) is 0 Å². The van der Waals surface area contributed by atoms with E-state index in [4.69, 9.17) is 21.3 Å². The summed E-state index contributed by atoms with van der Waals surface area (Å²) in [5.41, 5.74) is 2.70. The number of hydrogen-bond acceptors (Lipinski definition) is 5. The first-order valence-electron chi connectivity index (χ1n) is 9.06. The Bertz CT molecular complexity index is 1010. The number of thiazole rings is 1. The topological polar surface area (TPSA) is 57.7 Å². The van der Waals surface area contributed by atoms with Crippen molar-refractivity contribution in [3.05, 3.63) is 47.0 Å². The van der Waals surface area contributed by atoms with E-state index in [9.17, 15) is 4.79 Å². The highest BCUT2D eigenvalue weighted by molar-refractivity contribution is 7.22. The summed E-state index contributed by atoms with van der Waals surface area (Å²) < 4.78 is 6.33. The lowest BCUT2D eigenvalue weighted by Crippen LogP contribution is -2.50. The number of piperazine rings is 1. The monoisotopic (exact) mass is 416 g/mol. The molecule has 0 atom stereocenters. The Labute approximate surface area is 172 Å². The lowest BCUT2D eigenvalue weighted by Gasteiger charge is -2.34. The number of methoxy groups -OCH3 is 1. The first-order chi connectivity index (χ1) is 13.5. The van der Waals surface area contributed by atoms with Crippen molar-refractivity contribution in [3.63, 3.8) is 0 Å². The number of aromatic nitrogens is 1. The lowest BCUT2D eigenvalue weighted by molar-refractivity contribution is 0.208. The summed E-state index contributed by atoms with van der Waals surface area (Å²) in [5, 5.41) is 4.66. The molecule has 146 valence electrons. The zero-order chi connectivity index (χ0) is 19.7. The first-order valence-corrected chi connectivity index (χ1v) is 10.2. The van der Waals surface area contributed by atoms with Gasteiger partial charge in [0.1, 0.15) is 5.75 Å². The molecule has 6 nitrogen and oxygen atoms in total. The van der Waals surface area contributed by atoms with E-state index in [1.54, 1.807) is 18.4 Å². The zero-order valence-corrected chi connectivity index (χ0v) is 17.3. The number of aryl methyl sites for hydroxylation is 1. The minimum Gasteiger partial charge on any atom is -0.497 e. The van der Waals surface area contributed by atoms with Crippen LogP contribution in [0.4, 0.5) is 15.6 Å². The minimum atomic E-state index is -0.0974. The predicted octanol–water partition coefficient (Wildman–Crippen LogP) is 4.62. The van der Waals surface area contributed by atoms with E-state index in [1.807, 2.05) is 48.2 Å². The second-order valence-corrected chi connectivity index (χ2v) is 8.07. The van der Waals surface area contributed by atoms with Crippen LogP contribution < -0.4 is 15.0 Å². The van der Waals surface area contributed by atoms with Gasteiger partial charge in [-0.15, -0.1) is 0 Å². The van der Waals surface area contributed by atoms with Crippen molar-refractivity contribution in [3.8, 4) is 5.75 Å². The first kappa shape index (κ1) is 18.8. The van der Waals surface area contributed by atoms with Crippen LogP contribution in [0.25, 0.3) is 10.2 Å². The van der Waals surface area contributed by atoms with Crippen molar-refractivity contribution in [1.82, 2.24) is 9.88 Å². The molecule has 0 spiro atoms. The third kappa shape index (κ3) is 3.72. The molecular weight excluding hydrogens is 396 g/mol. The van der Waals surface area contributed by atoms with Gasteiger partial charge in [0.2, 0.25) is 0 Å². The molecule has 28 heavy (non-hydrogen) atoms. The summed E-state index contributed by atoms with van der Waals surface area (Å²) in [6.45, 7) is 4.78. The maximum atomic E-state index is 12.6. The highest BCUT2D eigenvalue weighted by atomic mass is 35.5. The second kappa shape index (κ2) is 7.85. The molecule has 2 aromatic carbocycles. The Balaban J connectivity index is 1.40. The van der Waals surface area contributed by atoms with Gasteiger partial charge in [-0.05, 0) is 36.8 Å². The van der Waals surface area contributed by atoms with Crippen LogP contribution in [-0.2, 0) is 0 Å². The predicted molar refractivity (Wildman–Crippen MR) is 115 cm³/mol. The van der Waals surface area contributed by atoms with Crippen LogP contribution in [0.5, 0.6) is 5.75 Å². The number of halogens is 1. The highest BCUT2D eigenvalue weighted by Crippen LogP contribution is 2.33. The van der Waals surface area contributed by atoms with Gasteiger partial charge in [0.05, 0.1) is 17.3 Å². The maximum absolute atomic E-state index is 12.6. The SMILES string of the molecule is COc1cccc(NC(=O)N2CCN(c3nc4c(C)c(Cl)ccc4s3)CC2)c1. The van der Waals surface area contributed by atoms with Crippen LogP contribution in [-0.4, -0.2) is 49.2 Å². The van der Waals surface area contributed by atoms with Crippen LogP contribution in [0.2, 0.25) is 5.02 Å². The van der Waals surface area contributed by atoms with Gasteiger partial charge in [-0.25, -0.2) is 9.78 Å². The van der Waals surface area contributed by atoms with Crippen molar-refractivity contribution in [2.75, 3.05) is 43.5 Å². The molecule has 8 heteroatoms. The summed E-state index contributed by atoms with van der Waals surface area (Å²) in [6, 6.07) is 11.2. The molecule has 0 saturated carbocycles. The Morgan fingerprint density at radius 1 is 1.21 bits per heavy atom. The number of amides is 2. The Kier molecular flexibility index (Phi) is 5.28. The van der Waals surface area contributed by atoms with Crippen LogP contribution >= 0.6 is 22.9 Å². The van der Waals surface area contributed by atoms with Gasteiger partial charge in [-0.1, -0.05) is 29.0 Å². The van der Waals surface area contributed by atoms with Gasteiger partial charge < -0.3 is 19.9 Å². The summed E-state index contributed by atoms with van der Waals surface area (Å²) in [6.07, 6.45) is 0. The van der Waals surface area contributed by atoms with Gasteiger partial charge >= 0.3 is 6.03 Å². The van der Waals surface area contributed by atoms with Crippen LogP contribution in [0.3, 0.4) is 0 Å². The van der Waals surface area contributed by atoms with E-state index < -0.39 is 0 Å². The number of benzene rings is 2. The molecule has 1 fully saturated rings. The van der Waals surface area contributed by atoms with Crippen LogP contribution in [0.15, 0.2) is 36.4 Å². The largest absolute Gasteiger partial charge is 0.497 e. The number of urea groups is 1. The molecule has 0 aliphatic carbocycles. The van der Waals surface area contributed by atoms with Crippen molar-refractivity contribution >= 4 is 50.0 Å². The normalized spacial score (nSPS) is 14.4. The Morgan fingerprint density at radius 3 is 2.75 bits per heavy atom. The molecule has 0 unspecified atom stereocenters. The number of nitrogens with one attached hydrogen (secondary N) is 1. The minimum absolute atomic E-state index is 0.0974. The summed E-state index contributed by atoms with van der Waals surface area (Å²) in [7, 11) is 1.61. The third-order valence-corrected chi connectivity index (χ3v) is 6.39. The van der Waals surface area contributed by atoms with Gasteiger partial charge in [0.25, 0.3) is 0 Å². The summed E-state index contributed by atoms with van der Waals surface area (Å²) in [5.74, 6) is 0.717. The van der Waals surface area contributed by atoms with E-state index in [0.29, 0.717) is 18.8 Å². The Morgan fingerprint density at radius 2 is 2.00 bits per heavy atom. The molecule has 0 bridgehead atoms. The Hall–Kier alpha value is -2.51. The zero-order valence-electron chi connectivity index (χ0n) is 15.7. The average Bonchev–Trinajstić information content (AvgIpc) is 3.16. The fourth-order valence-electron chi connectivity index (χ4n) is 3.23. The fraction of sp³-hybridized carbons (Fsp3) is 0.300. The molecule has 1 aromatic heterocycles. The second-order valence-electron chi connectivity index (χ2n) is 6.65. The van der Waals surface area contributed by atoms with E-state index in [0.717, 1.165) is 44.7 Å². The van der Waals surface area contributed by atoms with E-state index in [-0.39, 0.29) is 6.03 Å². The van der Waals surface area contributed by atoms with Gasteiger partial charge in [-0.3, -0.25) is 0 Å². The molecule has 1 saturated heterocycles. The summed E-state index contributed by atoms with van der Waals surface area (Å²) in [4.78, 5) is 21.4. The number of hydrogen-bond donors (Lipinski definition) is 1. The summed E-state index contributed by atoms with van der Waals surface area (Å²) >= 11 is 7.88. The quantitative estimate of drug-likeness (QED) is 0.676. The molecule has 4 rings (SSSR count). The van der Waals surface area contributed by atoms with Crippen molar-refractivity contribution in [2.45, 2.75) is 6.92 Å². The van der Waals surface area contributed by atoms with Crippen molar-refractivity contribution < 1.29 is 9.53 Å².